The van der Waals surface area contributed by atoms with Gasteiger partial charge in [0.15, 0.2) is 0 Å². The summed E-state index contributed by atoms with van der Waals surface area (Å²) in [5, 5.41) is -5.33. The second-order valence-electron chi connectivity index (χ2n) is 11.0. The van der Waals surface area contributed by atoms with E-state index in [0.717, 1.165) is 0 Å². The Balaban J connectivity index is 1.34. The molecule has 0 aliphatic carbocycles. The Kier molecular flexibility index (Phi) is 2.45. The normalized spacial score (nSPS) is 19.8. The largest absolute Gasteiger partial charge is 0.456 e. The molecular weight excluding hydrogens is 609 g/mol. The van der Waals surface area contributed by atoms with Crippen LogP contribution in [0.2, 0.25) is 0 Å². The Morgan fingerprint density at radius 1 is 0.300 bits per heavy atom. The molecular formula is C48H28O2. The molecule has 50 heavy (non-hydrogen) atoms. The van der Waals surface area contributed by atoms with E-state index < -0.39 is 263 Å². The van der Waals surface area contributed by atoms with Crippen molar-refractivity contribution in [1.29, 1.82) is 0 Å². The van der Waals surface area contributed by atoms with Gasteiger partial charge in [-0.2, -0.15) is 0 Å². The lowest BCUT2D eigenvalue weighted by Crippen LogP contribution is -1.91. The third-order valence-electron chi connectivity index (χ3n) is 8.33. The lowest BCUT2D eigenvalue weighted by molar-refractivity contribution is 0.663. The van der Waals surface area contributed by atoms with Crippen LogP contribution in [0.15, 0.2) is 178 Å². The summed E-state index contributed by atoms with van der Waals surface area (Å²) < 4.78 is 264. The van der Waals surface area contributed by atoms with E-state index >= 15 is 0 Å². The zero-order valence-corrected chi connectivity index (χ0v) is 24.8. The van der Waals surface area contributed by atoms with Gasteiger partial charge in [-0.15, -0.1) is 0 Å². The van der Waals surface area contributed by atoms with Gasteiger partial charge < -0.3 is 8.83 Å². The molecule has 2 heteroatoms. The lowest BCUT2D eigenvalue weighted by atomic mass is 9.85. The number of rotatable bonds is 3. The summed E-state index contributed by atoms with van der Waals surface area (Å²) in [6.07, 6.45) is 0. The molecule has 0 aliphatic heterocycles. The number of benzene rings is 9. The van der Waals surface area contributed by atoms with Crippen LogP contribution in [0.3, 0.4) is 0 Å². The van der Waals surface area contributed by atoms with Crippen molar-refractivity contribution < 1.29 is 47.2 Å². The maximum absolute atomic E-state index is 9.80. The summed E-state index contributed by atoms with van der Waals surface area (Å²) in [4.78, 5) is 0. The van der Waals surface area contributed by atoms with Gasteiger partial charge in [-0.05, 0) is 102 Å². The van der Waals surface area contributed by atoms with Gasteiger partial charge in [0.2, 0.25) is 0 Å². The van der Waals surface area contributed by atoms with Crippen molar-refractivity contribution in [3.8, 4) is 33.4 Å². The SMILES string of the molecule is [2H]c1c([2H])c(-c2c3c([2H])c([2H])c([2H])c([2H])c3c(-c3c([2H])c([2H])c4c(oc5c([2H])c([2H])c6oc7c([2H])c([2H])c([2H])c([2H])c7c6c54)c3[2H])c3c([2H])c([2H])c([2H])c([2H])c23)c([2H])c([2H])c1-c1c([2H])c([2H])c2c([2H])c([2H])c([2H])c([2H])c2c1[2H]. The van der Waals surface area contributed by atoms with Crippen LogP contribution in [-0.2, 0) is 0 Å². The number of furan rings is 2. The van der Waals surface area contributed by atoms with E-state index in [1.165, 1.54) is 0 Å². The molecule has 11 rings (SSSR count). The highest BCUT2D eigenvalue weighted by molar-refractivity contribution is 6.27. The second kappa shape index (κ2) is 10.4. The first kappa shape index (κ1) is 11.8. The molecule has 0 fully saturated rings. The monoisotopic (exact) mass is 664 g/mol. The molecule has 0 saturated carbocycles. The van der Waals surface area contributed by atoms with E-state index in [0.29, 0.717) is 0 Å². The van der Waals surface area contributed by atoms with Gasteiger partial charge >= 0.3 is 0 Å². The average molecular weight is 665 g/mol. The molecule has 11 aromatic rings. The summed E-state index contributed by atoms with van der Waals surface area (Å²) >= 11 is 0. The molecule has 0 radical (unpaired) electrons. The Morgan fingerprint density at radius 3 is 1.46 bits per heavy atom. The van der Waals surface area contributed by atoms with E-state index in [2.05, 4.69) is 0 Å². The topological polar surface area (TPSA) is 26.3 Å². The molecule has 0 unspecified atom stereocenters. The Hall–Kier alpha value is -6.64. The van der Waals surface area contributed by atoms with Gasteiger partial charge in [0, 0.05) is 21.5 Å². The van der Waals surface area contributed by atoms with Crippen molar-refractivity contribution >= 4 is 76.2 Å². The van der Waals surface area contributed by atoms with Crippen LogP contribution in [0.1, 0.15) is 38.4 Å². The maximum atomic E-state index is 9.80. The highest BCUT2D eigenvalue weighted by atomic mass is 16.3. The molecule has 2 nitrogen and oxygen atoms in total. The maximum Gasteiger partial charge on any atom is 0.136 e. The minimum absolute atomic E-state index is 0.243. The van der Waals surface area contributed by atoms with Crippen molar-refractivity contribution in [2.45, 2.75) is 0 Å². The molecule has 0 bridgehead atoms. The van der Waals surface area contributed by atoms with Gasteiger partial charge in [-0.25, -0.2) is 0 Å². The van der Waals surface area contributed by atoms with E-state index in [9.17, 15) is 15.1 Å². The summed E-state index contributed by atoms with van der Waals surface area (Å²) in [5.41, 5.74) is -6.71. The summed E-state index contributed by atoms with van der Waals surface area (Å²) in [5.74, 6) is 0. The van der Waals surface area contributed by atoms with Crippen LogP contribution < -0.4 is 0 Å². The van der Waals surface area contributed by atoms with Gasteiger partial charge in [0.25, 0.3) is 0 Å². The van der Waals surface area contributed by atoms with E-state index in [1.807, 2.05) is 0 Å². The lowest BCUT2D eigenvalue weighted by Gasteiger charge is -2.18. The summed E-state index contributed by atoms with van der Waals surface area (Å²) in [6, 6.07) is -25.0. The highest BCUT2D eigenvalue weighted by Gasteiger charge is 2.20. The van der Waals surface area contributed by atoms with E-state index in [1.54, 1.807) is 0 Å². The fourth-order valence-corrected chi connectivity index (χ4v) is 6.21. The molecule has 0 spiro atoms. The summed E-state index contributed by atoms with van der Waals surface area (Å²) in [6.45, 7) is 0. The van der Waals surface area contributed by atoms with Crippen LogP contribution in [-0.4, -0.2) is 0 Å². The third-order valence-corrected chi connectivity index (χ3v) is 8.33. The molecule has 2 heterocycles. The van der Waals surface area contributed by atoms with Gasteiger partial charge in [-0.3, -0.25) is 0 Å². The molecule has 0 N–H and O–H groups in total. The molecule has 0 saturated heterocycles. The number of hydrogen-bond acceptors (Lipinski definition) is 2. The number of fused-ring (bicyclic) bond motifs is 10. The predicted molar refractivity (Wildman–Crippen MR) is 210 cm³/mol. The minimum atomic E-state index is -1.09. The van der Waals surface area contributed by atoms with Gasteiger partial charge in [-0.1, -0.05) is 133 Å². The first-order chi connectivity index (χ1) is 36.5. The first-order valence-corrected chi connectivity index (χ1v) is 14.8. The minimum Gasteiger partial charge on any atom is -0.456 e. The highest BCUT2D eigenvalue weighted by Crippen LogP contribution is 2.46. The molecule has 2 aromatic heterocycles. The Labute approximate surface area is 326 Å². The summed E-state index contributed by atoms with van der Waals surface area (Å²) in [7, 11) is 0. The second-order valence-corrected chi connectivity index (χ2v) is 11.0. The van der Waals surface area contributed by atoms with Crippen LogP contribution in [0, 0.1) is 0 Å². The van der Waals surface area contributed by atoms with E-state index in [4.69, 9.17) is 32.1 Å². The quantitative estimate of drug-likeness (QED) is 0.176. The van der Waals surface area contributed by atoms with Crippen molar-refractivity contribution in [2.24, 2.45) is 0 Å². The first-order valence-electron chi connectivity index (χ1n) is 28.8. The zero-order chi connectivity index (χ0) is 57.1. The smallest absolute Gasteiger partial charge is 0.136 e. The third kappa shape index (κ3) is 3.96. The molecule has 0 aliphatic rings. The van der Waals surface area contributed by atoms with Crippen LogP contribution >= 0.6 is 0 Å². The Bertz CT molecular complexity index is 4660. The molecule has 0 atom stereocenters. The van der Waals surface area contributed by atoms with Gasteiger partial charge in [0.1, 0.15) is 22.3 Å². The van der Waals surface area contributed by atoms with Crippen LogP contribution in [0.25, 0.3) is 110 Å². The van der Waals surface area contributed by atoms with Gasteiger partial charge in [0.05, 0.1) is 38.4 Å². The van der Waals surface area contributed by atoms with Crippen LogP contribution in [0.5, 0.6) is 0 Å². The fraction of sp³-hybridized carbons (Fsp3) is 0. The van der Waals surface area contributed by atoms with Crippen molar-refractivity contribution in [3.63, 3.8) is 0 Å². The number of para-hydroxylation sites is 1. The van der Waals surface area contributed by atoms with E-state index in [-0.39, 0.29) is 16.2 Å². The molecule has 0 amide bonds. The zero-order valence-electron chi connectivity index (χ0n) is 52.8. The van der Waals surface area contributed by atoms with Crippen molar-refractivity contribution in [3.05, 3.63) is 169 Å². The van der Waals surface area contributed by atoms with Crippen molar-refractivity contribution in [2.75, 3.05) is 0 Å². The standard InChI is InChI=1S/C48H28O2/c1-2-10-32-27-33(22-19-29(32)9-1)30-17-20-31(21-18-30)45-35-11-3-5-13-37(35)46(38-14-6-4-12-36(38)45)34-23-24-40-44(28-34)50-43-26-25-42-47(48(40)43)39-15-7-8-16-41(39)49-42/h1-28H/i1D,2D,3D,4D,5D,6D,7D,8D,9D,10D,11D,12D,13D,14D,15D,16D,17D,18D,19D,20D,21D,22D,23D,24D,25D,26D,27D,28D. The number of hydrogen-bond donors (Lipinski definition) is 0. The van der Waals surface area contributed by atoms with Crippen molar-refractivity contribution in [1.82, 2.24) is 0 Å². The molecule has 9 aromatic carbocycles. The van der Waals surface area contributed by atoms with Crippen LogP contribution in [0.4, 0.5) is 0 Å². The molecule has 232 valence electrons. The predicted octanol–water partition coefficient (Wildman–Crippen LogP) is 13.9. The Morgan fingerprint density at radius 2 is 0.780 bits per heavy atom. The average Bonchev–Trinajstić information content (AvgIpc) is 4.16. The fourth-order valence-electron chi connectivity index (χ4n) is 6.21.